The molecule has 4 rings (SSSR count). The number of hydrogen-bond donors (Lipinski definition) is 3. The van der Waals surface area contributed by atoms with Crippen LogP contribution in [0.4, 0.5) is 5.69 Å². The van der Waals surface area contributed by atoms with Gasteiger partial charge in [-0.15, -0.1) is 0 Å². The number of fused-ring (bicyclic) bond motifs is 3. The Morgan fingerprint density at radius 3 is 2.70 bits per heavy atom. The molecule has 3 heterocycles. The molecular weight excluding hydrogens is 252 g/mol. The Balaban J connectivity index is 1.70. The molecule has 1 aromatic rings. The number of piperidine rings is 3. The minimum atomic E-state index is -0.0426. The Morgan fingerprint density at radius 1 is 1.40 bits per heavy atom. The van der Waals surface area contributed by atoms with E-state index >= 15 is 0 Å². The summed E-state index contributed by atoms with van der Waals surface area (Å²) in [5.74, 6) is 0.581. The highest BCUT2D eigenvalue weighted by molar-refractivity contribution is 5.97. The van der Waals surface area contributed by atoms with Crippen molar-refractivity contribution in [3.8, 4) is 0 Å². The lowest BCUT2D eigenvalue weighted by Gasteiger charge is -2.44. The SMILES string of the molecule is Nc1cc(C(=O)NC2CN3CCC2CC3)ccc1C=[NH2+]. The van der Waals surface area contributed by atoms with Gasteiger partial charge in [-0.3, -0.25) is 10.2 Å². The second-order valence-electron chi connectivity index (χ2n) is 5.73. The average Bonchev–Trinajstić information content (AvgIpc) is 2.48. The first-order valence-electron chi connectivity index (χ1n) is 7.15. The van der Waals surface area contributed by atoms with Gasteiger partial charge in [0.1, 0.15) is 0 Å². The maximum Gasteiger partial charge on any atom is 0.251 e. The summed E-state index contributed by atoms with van der Waals surface area (Å²) in [5, 5.41) is 8.61. The molecule has 106 valence electrons. The van der Waals surface area contributed by atoms with Crippen molar-refractivity contribution in [3.05, 3.63) is 29.3 Å². The smallest absolute Gasteiger partial charge is 0.251 e. The summed E-state index contributed by atoms with van der Waals surface area (Å²) in [4.78, 5) is 14.7. The topological polar surface area (TPSA) is 84.0 Å². The van der Waals surface area contributed by atoms with Crippen molar-refractivity contribution in [1.29, 1.82) is 0 Å². The molecule has 3 aliphatic rings. The summed E-state index contributed by atoms with van der Waals surface area (Å²) < 4.78 is 0. The standard InChI is InChI=1S/C15H20N4O/c16-8-12-2-1-11(7-13(12)17)15(20)18-14-9-19-5-3-10(14)4-6-19/h1-2,7-8,10,14,16H,3-6,9,17H2,(H,18,20)/p+1. The number of anilines is 1. The van der Waals surface area contributed by atoms with Gasteiger partial charge in [-0.25, -0.2) is 0 Å². The van der Waals surface area contributed by atoms with Gasteiger partial charge in [0.15, 0.2) is 6.21 Å². The van der Waals surface area contributed by atoms with Gasteiger partial charge in [0, 0.05) is 23.8 Å². The van der Waals surface area contributed by atoms with Crippen molar-refractivity contribution in [3.63, 3.8) is 0 Å². The number of carbonyl (C=O) groups excluding carboxylic acids is 1. The van der Waals surface area contributed by atoms with Crippen LogP contribution in [0.25, 0.3) is 0 Å². The van der Waals surface area contributed by atoms with Crippen LogP contribution in [-0.2, 0) is 0 Å². The quantitative estimate of drug-likeness (QED) is 0.501. The molecule has 1 aromatic carbocycles. The molecule has 0 aromatic heterocycles. The van der Waals surface area contributed by atoms with Crippen LogP contribution in [0.15, 0.2) is 18.2 Å². The van der Waals surface area contributed by atoms with Crippen molar-refractivity contribution < 1.29 is 10.2 Å². The van der Waals surface area contributed by atoms with Crippen LogP contribution < -0.4 is 16.5 Å². The molecule has 3 saturated heterocycles. The molecule has 3 aliphatic heterocycles. The third-order valence-electron chi connectivity index (χ3n) is 4.50. The van der Waals surface area contributed by atoms with Crippen molar-refractivity contribution in [1.82, 2.24) is 10.2 Å². The first-order valence-corrected chi connectivity index (χ1v) is 7.15. The fourth-order valence-electron chi connectivity index (χ4n) is 3.25. The Kier molecular flexibility index (Phi) is 3.44. The van der Waals surface area contributed by atoms with E-state index < -0.39 is 0 Å². The summed E-state index contributed by atoms with van der Waals surface area (Å²) in [6.45, 7) is 3.32. The Morgan fingerprint density at radius 2 is 2.15 bits per heavy atom. The molecule has 0 aliphatic carbocycles. The number of hydrogen-bond acceptors (Lipinski definition) is 3. The third-order valence-corrected chi connectivity index (χ3v) is 4.50. The molecule has 1 unspecified atom stereocenters. The predicted octanol–water partition coefficient (Wildman–Crippen LogP) is -0.729. The fourth-order valence-corrected chi connectivity index (χ4v) is 3.25. The van der Waals surface area contributed by atoms with Gasteiger partial charge in [0.2, 0.25) is 0 Å². The zero-order valence-corrected chi connectivity index (χ0v) is 11.5. The highest BCUT2D eigenvalue weighted by Crippen LogP contribution is 2.27. The molecule has 3 fully saturated rings. The number of benzene rings is 1. The minimum absolute atomic E-state index is 0.0426. The van der Waals surface area contributed by atoms with Crippen LogP contribution in [0, 0.1) is 5.92 Å². The van der Waals surface area contributed by atoms with E-state index in [9.17, 15) is 4.79 Å². The van der Waals surface area contributed by atoms with E-state index in [1.807, 2.05) is 0 Å². The first-order chi connectivity index (χ1) is 9.67. The Hall–Kier alpha value is -1.88. The number of rotatable bonds is 3. The third kappa shape index (κ3) is 2.41. The number of nitrogens with one attached hydrogen (secondary N) is 1. The lowest BCUT2D eigenvalue weighted by Crippen LogP contribution is -2.57. The van der Waals surface area contributed by atoms with Crippen LogP contribution in [0.3, 0.4) is 0 Å². The molecule has 1 amide bonds. The van der Waals surface area contributed by atoms with Gasteiger partial charge in [0.25, 0.3) is 5.91 Å². The molecule has 5 heteroatoms. The predicted molar refractivity (Wildman–Crippen MR) is 78.4 cm³/mol. The maximum absolute atomic E-state index is 12.3. The van der Waals surface area contributed by atoms with Crippen molar-refractivity contribution in [2.75, 3.05) is 25.4 Å². The van der Waals surface area contributed by atoms with E-state index in [2.05, 4.69) is 10.2 Å². The monoisotopic (exact) mass is 273 g/mol. The number of nitrogen functional groups attached to an aromatic ring is 1. The second kappa shape index (κ2) is 5.25. The van der Waals surface area contributed by atoms with Gasteiger partial charge < -0.3 is 16.0 Å². The zero-order chi connectivity index (χ0) is 14.1. The Bertz CT molecular complexity index is 535. The molecular formula is C15H21N4O+. The van der Waals surface area contributed by atoms with Gasteiger partial charge >= 0.3 is 0 Å². The molecule has 0 radical (unpaired) electrons. The normalized spacial score (nSPS) is 28.1. The van der Waals surface area contributed by atoms with E-state index in [0.29, 0.717) is 17.2 Å². The van der Waals surface area contributed by atoms with Crippen molar-refractivity contribution in [2.45, 2.75) is 18.9 Å². The van der Waals surface area contributed by atoms with Crippen LogP contribution in [0.5, 0.6) is 0 Å². The highest BCUT2D eigenvalue weighted by atomic mass is 16.1. The van der Waals surface area contributed by atoms with E-state index in [1.54, 1.807) is 18.2 Å². The van der Waals surface area contributed by atoms with E-state index in [1.165, 1.54) is 32.1 Å². The van der Waals surface area contributed by atoms with Gasteiger partial charge in [0.05, 0.1) is 5.56 Å². The van der Waals surface area contributed by atoms with Gasteiger partial charge in [-0.2, -0.15) is 0 Å². The number of nitrogens with two attached hydrogens (primary N) is 2. The molecule has 5 N–H and O–H groups in total. The van der Waals surface area contributed by atoms with E-state index in [4.69, 9.17) is 11.1 Å². The molecule has 2 bridgehead atoms. The molecule has 0 spiro atoms. The summed E-state index contributed by atoms with van der Waals surface area (Å²) in [7, 11) is 0. The number of nitrogens with zero attached hydrogens (tertiary/aromatic N) is 1. The highest BCUT2D eigenvalue weighted by Gasteiger charge is 2.34. The zero-order valence-electron chi connectivity index (χ0n) is 11.5. The van der Waals surface area contributed by atoms with Crippen LogP contribution in [0.1, 0.15) is 28.8 Å². The van der Waals surface area contributed by atoms with Crippen molar-refractivity contribution >= 4 is 17.8 Å². The summed E-state index contributed by atoms with van der Waals surface area (Å²) >= 11 is 0. The molecule has 5 nitrogen and oxygen atoms in total. The lowest BCUT2D eigenvalue weighted by molar-refractivity contribution is -0.104. The number of amides is 1. The van der Waals surface area contributed by atoms with Crippen LogP contribution in [0.2, 0.25) is 0 Å². The molecule has 1 atom stereocenters. The Labute approximate surface area is 118 Å². The first kappa shape index (κ1) is 13.1. The molecule has 0 saturated carbocycles. The largest absolute Gasteiger partial charge is 0.398 e. The summed E-state index contributed by atoms with van der Waals surface area (Å²) in [5.41, 5.74) is 7.76. The fraction of sp³-hybridized carbons (Fsp3) is 0.467. The average molecular weight is 273 g/mol. The summed E-state index contributed by atoms with van der Waals surface area (Å²) in [6.07, 6.45) is 3.83. The second-order valence-corrected chi connectivity index (χ2v) is 5.73. The minimum Gasteiger partial charge on any atom is -0.398 e. The molecule has 20 heavy (non-hydrogen) atoms. The van der Waals surface area contributed by atoms with E-state index in [0.717, 1.165) is 12.1 Å². The van der Waals surface area contributed by atoms with Gasteiger partial charge in [-0.05, 0) is 50.0 Å². The van der Waals surface area contributed by atoms with Gasteiger partial charge in [-0.1, -0.05) is 0 Å². The van der Waals surface area contributed by atoms with Crippen molar-refractivity contribution in [2.24, 2.45) is 5.92 Å². The van der Waals surface area contributed by atoms with E-state index in [-0.39, 0.29) is 11.9 Å². The maximum atomic E-state index is 12.3. The number of carbonyl (C=O) groups is 1. The summed E-state index contributed by atoms with van der Waals surface area (Å²) in [6, 6.07) is 5.51. The van der Waals surface area contributed by atoms with Crippen LogP contribution >= 0.6 is 0 Å². The lowest BCUT2D eigenvalue weighted by atomic mass is 9.84. The van der Waals surface area contributed by atoms with Crippen LogP contribution in [-0.4, -0.2) is 42.7 Å².